The Morgan fingerprint density at radius 1 is 1.25 bits per heavy atom. The molecule has 3 nitrogen and oxygen atoms in total. The second kappa shape index (κ2) is 7.25. The van der Waals surface area contributed by atoms with Gasteiger partial charge in [0, 0.05) is 17.7 Å². The molecule has 0 aliphatic heterocycles. The lowest BCUT2D eigenvalue weighted by atomic mass is 10.3. The first-order chi connectivity index (χ1) is 7.70. The molecule has 1 rings (SSSR count). The van der Waals surface area contributed by atoms with E-state index in [4.69, 9.17) is 37.0 Å². The standard InChI is InChI=1S/C10H14ClO3PS/c1-2-12-15(16,13-9-8-11)14-10-6-4-3-5-7-10/h3-7H,2,8-9H2,1H3. The van der Waals surface area contributed by atoms with Gasteiger partial charge in [-0.25, -0.2) is 0 Å². The summed E-state index contributed by atoms with van der Waals surface area (Å²) in [6, 6.07) is 9.25. The van der Waals surface area contributed by atoms with Crippen molar-refractivity contribution in [2.75, 3.05) is 19.1 Å². The van der Waals surface area contributed by atoms with Gasteiger partial charge < -0.3 is 4.52 Å². The molecule has 1 unspecified atom stereocenters. The Kier molecular flexibility index (Phi) is 6.32. The van der Waals surface area contributed by atoms with Crippen molar-refractivity contribution in [1.29, 1.82) is 0 Å². The number of hydrogen-bond acceptors (Lipinski definition) is 4. The molecule has 0 N–H and O–H groups in total. The Balaban J connectivity index is 2.67. The van der Waals surface area contributed by atoms with Crippen molar-refractivity contribution in [2.24, 2.45) is 0 Å². The van der Waals surface area contributed by atoms with Crippen LogP contribution in [0.15, 0.2) is 30.3 Å². The summed E-state index contributed by atoms with van der Waals surface area (Å²) in [4.78, 5) is 0. The number of benzene rings is 1. The van der Waals surface area contributed by atoms with Gasteiger partial charge in [0.25, 0.3) is 0 Å². The summed E-state index contributed by atoms with van der Waals surface area (Å²) in [7, 11) is 0. The van der Waals surface area contributed by atoms with E-state index in [0.717, 1.165) is 0 Å². The van der Waals surface area contributed by atoms with Crippen LogP contribution in [0, 0.1) is 0 Å². The van der Waals surface area contributed by atoms with Crippen LogP contribution in [0.4, 0.5) is 0 Å². The molecule has 0 aromatic heterocycles. The van der Waals surface area contributed by atoms with Crippen molar-refractivity contribution in [2.45, 2.75) is 6.92 Å². The molecule has 0 saturated carbocycles. The molecule has 0 bridgehead atoms. The lowest BCUT2D eigenvalue weighted by Crippen LogP contribution is -2.03. The number of hydrogen-bond donors (Lipinski definition) is 0. The summed E-state index contributed by atoms with van der Waals surface area (Å²) in [5, 5.41) is 0. The fraction of sp³-hybridized carbons (Fsp3) is 0.400. The SMILES string of the molecule is CCOP(=S)(OCCCl)Oc1ccccc1. The lowest BCUT2D eigenvalue weighted by molar-refractivity contribution is 0.219. The van der Waals surface area contributed by atoms with Crippen LogP contribution in [-0.2, 0) is 20.9 Å². The third-order valence-electron chi connectivity index (χ3n) is 1.57. The van der Waals surface area contributed by atoms with E-state index < -0.39 is 6.72 Å². The maximum atomic E-state index is 5.57. The van der Waals surface area contributed by atoms with Gasteiger partial charge in [-0.15, -0.1) is 11.6 Å². The highest BCUT2D eigenvalue weighted by Crippen LogP contribution is 2.49. The Bertz CT molecular complexity index is 347. The zero-order chi connectivity index (χ0) is 11.9. The van der Waals surface area contributed by atoms with Crippen LogP contribution < -0.4 is 4.52 Å². The molecule has 16 heavy (non-hydrogen) atoms. The summed E-state index contributed by atoms with van der Waals surface area (Å²) in [6.45, 7) is -0.0863. The monoisotopic (exact) mass is 280 g/mol. The van der Waals surface area contributed by atoms with Gasteiger partial charge in [-0.2, -0.15) is 0 Å². The minimum Gasteiger partial charge on any atom is -0.424 e. The number of alkyl halides is 1. The first kappa shape index (κ1) is 13.9. The topological polar surface area (TPSA) is 27.7 Å². The minimum atomic E-state index is -2.71. The van der Waals surface area contributed by atoms with Crippen LogP contribution in [0.1, 0.15) is 6.92 Å². The van der Waals surface area contributed by atoms with Gasteiger partial charge in [0.05, 0.1) is 13.2 Å². The fourth-order valence-electron chi connectivity index (χ4n) is 1.00. The molecule has 0 fully saturated rings. The van der Waals surface area contributed by atoms with E-state index in [9.17, 15) is 0 Å². The normalized spacial score (nSPS) is 14.4. The second-order valence-electron chi connectivity index (χ2n) is 2.79. The van der Waals surface area contributed by atoms with Gasteiger partial charge >= 0.3 is 6.72 Å². The van der Waals surface area contributed by atoms with Crippen molar-refractivity contribution in [3.8, 4) is 5.75 Å². The maximum absolute atomic E-state index is 5.57. The van der Waals surface area contributed by atoms with E-state index in [1.807, 2.05) is 37.3 Å². The summed E-state index contributed by atoms with van der Waals surface area (Å²) < 4.78 is 16.3. The van der Waals surface area contributed by atoms with Crippen molar-refractivity contribution in [3.63, 3.8) is 0 Å². The Morgan fingerprint density at radius 3 is 2.50 bits per heavy atom. The molecule has 1 atom stereocenters. The quantitative estimate of drug-likeness (QED) is 0.564. The number of halogens is 1. The summed E-state index contributed by atoms with van der Waals surface area (Å²) in [6.07, 6.45) is 0. The average Bonchev–Trinajstić information content (AvgIpc) is 2.28. The molecule has 0 saturated heterocycles. The highest BCUT2D eigenvalue weighted by molar-refractivity contribution is 8.07. The Morgan fingerprint density at radius 2 is 1.94 bits per heavy atom. The first-order valence-electron chi connectivity index (χ1n) is 4.90. The largest absolute Gasteiger partial charge is 0.424 e. The van der Waals surface area contributed by atoms with Crippen molar-refractivity contribution in [1.82, 2.24) is 0 Å². The second-order valence-corrected chi connectivity index (χ2v) is 6.10. The number of para-hydroxylation sites is 1. The van der Waals surface area contributed by atoms with E-state index in [2.05, 4.69) is 0 Å². The third kappa shape index (κ3) is 4.81. The fourth-order valence-corrected chi connectivity index (χ4v) is 3.18. The van der Waals surface area contributed by atoms with Gasteiger partial charge in [0.2, 0.25) is 0 Å². The van der Waals surface area contributed by atoms with E-state index in [1.165, 1.54) is 0 Å². The van der Waals surface area contributed by atoms with Crippen LogP contribution in [0.2, 0.25) is 0 Å². The van der Waals surface area contributed by atoms with Gasteiger partial charge in [-0.05, 0) is 19.1 Å². The van der Waals surface area contributed by atoms with Crippen LogP contribution in [-0.4, -0.2) is 19.1 Å². The molecule has 0 amide bonds. The highest BCUT2D eigenvalue weighted by atomic mass is 35.5. The van der Waals surface area contributed by atoms with E-state index >= 15 is 0 Å². The highest BCUT2D eigenvalue weighted by Gasteiger charge is 2.21. The third-order valence-corrected chi connectivity index (χ3v) is 4.09. The van der Waals surface area contributed by atoms with Crippen LogP contribution in [0.5, 0.6) is 5.75 Å². The summed E-state index contributed by atoms with van der Waals surface area (Å²) in [5.41, 5.74) is 0. The molecule has 90 valence electrons. The van der Waals surface area contributed by atoms with Gasteiger partial charge in [-0.3, -0.25) is 9.05 Å². The maximum Gasteiger partial charge on any atom is 0.380 e. The summed E-state index contributed by atoms with van der Waals surface area (Å²) in [5.74, 6) is 1.01. The van der Waals surface area contributed by atoms with Gasteiger partial charge in [0.15, 0.2) is 0 Å². The smallest absolute Gasteiger partial charge is 0.380 e. The average molecular weight is 281 g/mol. The lowest BCUT2D eigenvalue weighted by Gasteiger charge is -2.21. The zero-order valence-electron chi connectivity index (χ0n) is 8.97. The molecule has 0 aliphatic rings. The molecule has 1 aromatic rings. The van der Waals surface area contributed by atoms with Crippen molar-refractivity contribution in [3.05, 3.63) is 30.3 Å². The Hall–Kier alpha value is -0.120. The van der Waals surface area contributed by atoms with E-state index in [-0.39, 0.29) is 0 Å². The molecule has 0 heterocycles. The van der Waals surface area contributed by atoms with Crippen molar-refractivity contribution >= 4 is 30.1 Å². The molecule has 1 aromatic carbocycles. The minimum absolute atomic E-state index is 0.325. The van der Waals surface area contributed by atoms with Crippen molar-refractivity contribution < 1.29 is 13.6 Å². The molecular weight excluding hydrogens is 267 g/mol. The van der Waals surface area contributed by atoms with E-state index in [0.29, 0.717) is 24.8 Å². The van der Waals surface area contributed by atoms with Crippen LogP contribution in [0.25, 0.3) is 0 Å². The molecule has 0 aliphatic carbocycles. The number of rotatable bonds is 7. The van der Waals surface area contributed by atoms with Crippen LogP contribution >= 0.6 is 18.3 Å². The first-order valence-corrected chi connectivity index (χ1v) is 7.99. The van der Waals surface area contributed by atoms with E-state index in [1.54, 1.807) is 0 Å². The Labute approximate surface area is 106 Å². The molecule has 6 heteroatoms. The van der Waals surface area contributed by atoms with Gasteiger partial charge in [-0.1, -0.05) is 18.2 Å². The predicted molar refractivity (Wildman–Crippen MR) is 69.7 cm³/mol. The molecule has 0 radical (unpaired) electrons. The molecule has 0 spiro atoms. The van der Waals surface area contributed by atoms with Crippen LogP contribution in [0.3, 0.4) is 0 Å². The summed E-state index contributed by atoms with van der Waals surface area (Å²) >= 11 is 10.8. The van der Waals surface area contributed by atoms with Gasteiger partial charge in [0.1, 0.15) is 5.75 Å². The zero-order valence-corrected chi connectivity index (χ0v) is 11.4. The molecular formula is C10H14ClO3PS. The predicted octanol–water partition coefficient (Wildman–Crippen LogP) is 3.58.